The summed E-state index contributed by atoms with van der Waals surface area (Å²) in [7, 11) is 0. The smallest absolute Gasteiger partial charge is 0.0293 e. The fraction of sp³-hybridized carbons (Fsp3) is 1.00. The van der Waals surface area contributed by atoms with Crippen LogP contribution in [0.2, 0.25) is 0 Å². The van der Waals surface area contributed by atoms with Gasteiger partial charge in [-0.2, -0.15) is 0 Å². The van der Waals surface area contributed by atoms with Gasteiger partial charge in [0.1, 0.15) is 0 Å². The van der Waals surface area contributed by atoms with Crippen molar-refractivity contribution in [1.82, 2.24) is 16.0 Å². The third-order valence-corrected chi connectivity index (χ3v) is 1.99. The fourth-order valence-electron chi connectivity index (χ4n) is 1.28. The molecule has 1 rings (SSSR count). The van der Waals surface area contributed by atoms with Crippen molar-refractivity contribution < 1.29 is 1.37 Å². The van der Waals surface area contributed by atoms with Crippen LogP contribution >= 0.6 is 0 Å². The molecule has 3 N–H and O–H groups in total. The van der Waals surface area contributed by atoms with Gasteiger partial charge in [-0.3, -0.25) is 0 Å². The van der Waals surface area contributed by atoms with E-state index in [0.29, 0.717) is 0 Å². The Kier molecular flexibility index (Phi) is 5.32. The molecule has 0 spiro atoms. The van der Waals surface area contributed by atoms with Crippen molar-refractivity contribution >= 4 is 0 Å². The molecule has 1 aliphatic heterocycles. The van der Waals surface area contributed by atoms with Gasteiger partial charge in [-0.1, -0.05) is 0 Å². The van der Waals surface area contributed by atoms with Crippen molar-refractivity contribution in [2.24, 2.45) is 0 Å². The first-order chi connectivity index (χ1) is 6.39. The van der Waals surface area contributed by atoms with E-state index < -0.39 is 0 Å². The summed E-state index contributed by atoms with van der Waals surface area (Å²) in [6.07, 6.45) is 2.34. The van der Waals surface area contributed by atoms with Gasteiger partial charge in [0.2, 0.25) is 0 Å². The Bertz CT molecular complexity index is 109. The molecule has 0 aromatic rings. The van der Waals surface area contributed by atoms with Crippen LogP contribution in [-0.2, 0) is 0 Å². The van der Waals surface area contributed by atoms with E-state index in [0.717, 1.165) is 39.3 Å². The first kappa shape index (κ1) is 8.48. The van der Waals surface area contributed by atoms with Crippen LogP contribution in [0.5, 0.6) is 0 Å². The molecule has 0 atom stereocenters. The Balaban J connectivity index is 2.11. The lowest BCUT2D eigenvalue weighted by Crippen LogP contribution is -2.29. The quantitative estimate of drug-likeness (QED) is 0.479. The molecular formula is C9H21N3. The molecule has 0 saturated carbocycles. The second-order valence-electron chi connectivity index (χ2n) is 3.15. The van der Waals surface area contributed by atoms with Crippen LogP contribution in [0.25, 0.3) is 0 Å². The molecule has 0 aromatic carbocycles. The largest absolute Gasteiger partial charge is 0.317 e. The molecule has 0 aliphatic carbocycles. The maximum atomic E-state index is 7.66. The summed E-state index contributed by atoms with van der Waals surface area (Å²) in [4.78, 5) is 0. The molecule has 12 heavy (non-hydrogen) atoms. The molecule has 3 nitrogen and oxygen atoms in total. The van der Waals surface area contributed by atoms with Crippen LogP contribution in [-0.4, -0.2) is 39.3 Å². The van der Waals surface area contributed by atoms with Crippen molar-refractivity contribution in [2.45, 2.75) is 19.2 Å². The SMILES string of the molecule is [2H]C1CNCCCNCCCNC1. The number of hydrogen-bond acceptors (Lipinski definition) is 3. The summed E-state index contributed by atoms with van der Waals surface area (Å²) in [6, 6.07) is 0. The molecule has 0 bridgehead atoms. The molecule has 72 valence electrons. The molecule has 0 unspecified atom stereocenters. The van der Waals surface area contributed by atoms with Crippen molar-refractivity contribution in [2.75, 3.05) is 39.3 Å². The Morgan fingerprint density at radius 1 is 0.667 bits per heavy atom. The summed E-state index contributed by atoms with van der Waals surface area (Å²) < 4.78 is 7.66. The fourth-order valence-corrected chi connectivity index (χ4v) is 1.28. The average molecular weight is 172 g/mol. The highest BCUT2D eigenvalue weighted by molar-refractivity contribution is 4.57. The summed E-state index contributed by atoms with van der Waals surface area (Å²) in [5.74, 6) is 0. The monoisotopic (exact) mass is 172 g/mol. The van der Waals surface area contributed by atoms with E-state index in [4.69, 9.17) is 1.37 Å². The molecule has 1 heterocycles. The maximum absolute atomic E-state index is 7.66. The highest BCUT2D eigenvalue weighted by Gasteiger charge is 1.93. The molecule has 3 heteroatoms. The minimum Gasteiger partial charge on any atom is -0.317 e. The molecule has 1 saturated heterocycles. The van der Waals surface area contributed by atoms with Gasteiger partial charge in [0.05, 0.1) is 0 Å². The van der Waals surface area contributed by atoms with Gasteiger partial charge >= 0.3 is 0 Å². The molecule has 1 fully saturated rings. The van der Waals surface area contributed by atoms with Crippen molar-refractivity contribution in [1.29, 1.82) is 0 Å². The van der Waals surface area contributed by atoms with E-state index in [1.807, 2.05) is 0 Å². The Morgan fingerprint density at radius 2 is 1.08 bits per heavy atom. The molecule has 1 aliphatic rings. The van der Waals surface area contributed by atoms with E-state index in [1.165, 1.54) is 12.8 Å². The van der Waals surface area contributed by atoms with Gasteiger partial charge in [-0.15, -0.1) is 0 Å². The van der Waals surface area contributed by atoms with Gasteiger partial charge in [0, 0.05) is 1.37 Å². The van der Waals surface area contributed by atoms with Gasteiger partial charge in [0.15, 0.2) is 0 Å². The van der Waals surface area contributed by atoms with Gasteiger partial charge in [0.25, 0.3) is 0 Å². The Labute approximate surface area is 76.7 Å². The average Bonchev–Trinajstić information content (AvgIpc) is 2.11. The Morgan fingerprint density at radius 3 is 1.58 bits per heavy atom. The molecule has 0 amide bonds. The predicted molar refractivity (Wildman–Crippen MR) is 52.5 cm³/mol. The second kappa shape index (κ2) is 7.53. The maximum Gasteiger partial charge on any atom is 0.0293 e. The van der Waals surface area contributed by atoms with Crippen LogP contribution in [0.15, 0.2) is 0 Å². The summed E-state index contributed by atoms with van der Waals surface area (Å²) in [5.41, 5.74) is 0. The summed E-state index contributed by atoms with van der Waals surface area (Å²) in [6.45, 7) is 5.87. The van der Waals surface area contributed by atoms with E-state index in [1.54, 1.807) is 0 Å². The first-order valence-electron chi connectivity index (χ1n) is 5.52. The lowest BCUT2D eigenvalue weighted by molar-refractivity contribution is 0.527. The van der Waals surface area contributed by atoms with E-state index in [-0.39, 0.29) is 6.40 Å². The number of nitrogens with one attached hydrogen (secondary N) is 3. The first-order valence-corrected chi connectivity index (χ1v) is 4.94. The zero-order valence-electron chi connectivity index (χ0n) is 8.73. The summed E-state index contributed by atoms with van der Waals surface area (Å²) >= 11 is 0. The van der Waals surface area contributed by atoms with Crippen molar-refractivity contribution in [3.05, 3.63) is 0 Å². The van der Waals surface area contributed by atoms with Crippen molar-refractivity contribution in [3.63, 3.8) is 0 Å². The van der Waals surface area contributed by atoms with E-state index in [2.05, 4.69) is 16.0 Å². The topological polar surface area (TPSA) is 36.1 Å². The standard InChI is InChI=1S/C9H21N3/c1-4-10-6-2-8-12-9-3-7-11-5-1/h10-12H,1-9H2/i1D. The van der Waals surface area contributed by atoms with Crippen molar-refractivity contribution in [3.8, 4) is 0 Å². The van der Waals surface area contributed by atoms with Crippen LogP contribution in [0.3, 0.4) is 0 Å². The lowest BCUT2D eigenvalue weighted by atomic mass is 10.3. The minimum atomic E-state index is 0.00684. The molecule has 0 aromatic heterocycles. The molecule has 0 radical (unpaired) electrons. The third-order valence-electron chi connectivity index (χ3n) is 1.99. The van der Waals surface area contributed by atoms with Gasteiger partial charge in [-0.25, -0.2) is 0 Å². The molecular weight excluding hydrogens is 150 g/mol. The van der Waals surface area contributed by atoms with E-state index in [9.17, 15) is 0 Å². The summed E-state index contributed by atoms with van der Waals surface area (Å²) in [5, 5.41) is 9.96. The van der Waals surface area contributed by atoms with Gasteiger partial charge in [-0.05, 0) is 58.5 Å². The number of rotatable bonds is 0. The Hall–Kier alpha value is -0.120. The van der Waals surface area contributed by atoms with E-state index >= 15 is 0 Å². The lowest BCUT2D eigenvalue weighted by Gasteiger charge is -2.09. The van der Waals surface area contributed by atoms with Crippen LogP contribution in [0.4, 0.5) is 0 Å². The highest BCUT2D eigenvalue weighted by Crippen LogP contribution is 1.81. The van der Waals surface area contributed by atoms with Gasteiger partial charge < -0.3 is 16.0 Å². The highest BCUT2D eigenvalue weighted by atomic mass is 14.9. The zero-order valence-corrected chi connectivity index (χ0v) is 7.73. The van der Waals surface area contributed by atoms with Crippen LogP contribution < -0.4 is 16.0 Å². The zero-order chi connectivity index (χ0) is 9.36. The minimum absolute atomic E-state index is 0.00684. The second-order valence-corrected chi connectivity index (χ2v) is 3.15. The third kappa shape index (κ3) is 5.52. The number of hydrogen-bond donors (Lipinski definition) is 3. The van der Waals surface area contributed by atoms with Crippen LogP contribution in [0, 0.1) is 0 Å². The predicted octanol–water partition coefficient (Wildman–Crippen LogP) is -0.0609. The van der Waals surface area contributed by atoms with Crippen LogP contribution in [0.1, 0.15) is 20.6 Å². The normalized spacial score (nSPS) is 26.8.